The maximum Gasteiger partial charge on any atom is 0.275 e. The maximum atomic E-state index is 12.9. The summed E-state index contributed by atoms with van der Waals surface area (Å²) in [6.07, 6.45) is 0. The molecule has 0 fully saturated rings. The van der Waals surface area contributed by atoms with E-state index < -0.39 is 5.91 Å². The third kappa shape index (κ3) is 3.85. The molecule has 144 valence electrons. The summed E-state index contributed by atoms with van der Waals surface area (Å²) in [5.41, 5.74) is 0.399. The molecule has 3 rings (SSSR count). The van der Waals surface area contributed by atoms with Gasteiger partial charge in [0.05, 0.1) is 19.0 Å². The number of likely N-dealkylation sites (N-methyl/N-ethyl adjacent to an activating group) is 1. The van der Waals surface area contributed by atoms with Crippen LogP contribution in [-0.4, -0.2) is 47.2 Å². The Bertz CT molecular complexity index is 1110. The molecule has 0 saturated heterocycles. The largest absolute Gasteiger partial charge is 0.497 e. The van der Waals surface area contributed by atoms with Gasteiger partial charge in [0, 0.05) is 31.2 Å². The summed E-state index contributed by atoms with van der Waals surface area (Å²) in [5, 5.41) is 7.68. The highest BCUT2D eigenvalue weighted by molar-refractivity contribution is 6.06. The fraction of sp³-hybridized carbons (Fsp3) is 0.200. The monoisotopic (exact) mass is 380 g/mol. The van der Waals surface area contributed by atoms with E-state index in [2.05, 4.69) is 10.4 Å². The zero-order valence-corrected chi connectivity index (χ0v) is 15.8. The number of aryl methyl sites for hydroxylation is 1. The number of hydrogen-bond acceptors (Lipinski definition) is 5. The van der Waals surface area contributed by atoms with Gasteiger partial charge in [-0.15, -0.1) is 0 Å². The van der Waals surface area contributed by atoms with Gasteiger partial charge in [-0.3, -0.25) is 14.4 Å². The van der Waals surface area contributed by atoms with Crippen molar-refractivity contribution in [3.8, 4) is 5.75 Å². The van der Waals surface area contributed by atoms with Crippen LogP contribution in [-0.2, 0) is 11.8 Å². The second-order valence-electron chi connectivity index (χ2n) is 6.26. The number of ether oxygens (including phenoxy) is 1. The summed E-state index contributed by atoms with van der Waals surface area (Å²) >= 11 is 0. The molecule has 0 aliphatic heterocycles. The van der Waals surface area contributed by atoms with Gasteiger partial charge in [0.25, 0.3) is 11.5 Å². The fourth-order valence-electron chi connectivity index (χ4n) is 2.83. The van der Waals surface area contributed by atoms with Crippen LogP contribution in [0.3, 0.4) is 0 Å². The third-order valence-electron chi connectivity index (χ3n) is 4.24. The Hall–Kier alpha value is -3.68. The molecular weight excluding hydrogens is 360 g/mol. The van der Waals surface area contributed by atoms with Crippen LogP contribution in [0.5, 0.6) is 5.75 Å². The van der Waals surface area contributed by atoms with Crippen molar-refractivity contribution in [2.24, 2.45) is 7.05 Å². The fourth-order valence-corrected chi connectivity index (χ4v) is 2.83. The summed E-state index contributed by atoms with van der Waals surface area (Å²) in [7, 11) is 4.54. The van der Waals surface area contributed by atoms with Crippen LogP contribution in [0.2, 0.25) is 0 Å². The van der Waals surface area contributed by atoms with E-state index in [0.717, 1.165) is 4.68 Å². The molecule has 0 saturated carbocycles. The zero-order valence-electron chi connectivity index (χ0n) is 15.8. The molecule has 0 radical (unpaired) electrons. The van der Waals surface area contributed by atoms with E-state index >= 15 is 0 Å². The molecule has 2 amide bonds. The molecule has 8 nitrogen and oxygen atoms in total. The van der Waals surface area contributed by atoms with Crippen molar-refractivity contribution in [1.82, 2.24) is 14.7 Å². The highest BCUT2D eigenvalue weighted by Crippen LogP contribution is 2.17. The molecule has 28 heavy (non-hydrogen) atoms. The predicted molar refractivity (Wildman–Crippen MR) is 106 cm³/mol. The Morgan fingerprint density at radius 3 is 2.57 bits per heavy atom. The number of hydrogen-bond donors (Lipinski definition) is 1. The van der Waals surface area contributed by atoms with Gasteiger partial charge in [-0.1, -0.05) is 24.3 Å². The molecule has 1 aromatic heterocycles. The molecule has 1 N–H and O–H groups in total. The number of amides is 2. The van der Waals surface area contributed by atoms with Gasteiger partial charge in [-0.05, 0) is 18.2 Å². The minimum atomic E-state index is -0.451. The van der Waals surface area contributed by atoms with Gasteiger partial charge < -0.3 is 15.0 Å². The number of carbonyl (C=O) groups excluding carboxylic acids is 2. The van der Waals surface area contributed by atoms with E-state index in [1.807, 2.05) is 0 Å². The number of rotatable bonds is 5. The first-order valence-electron chi connectivity index (χ1n) is 8.56. The molecule has 8 heteroatoms. The number of benzene rings is 2. The molecule has 0 aliphatic carbocycles. The highest BCUT2D eigenvalue weighted by atomic mass is 16.5. The standard InChI is InChI=1S/C20H20N4O4/c1-23(12-17(25)21-13-7-6-8-14(11-13)28-3)20(27)18-15-9-4-5-10-16(15)19(26)24(2)22-18/h4-11H,12H2,1-3H3,(H,21,25). The first-order chi connectivity index (χ1) is 13.4. The van der Waals surface area contributed by atoms with Crippen molar-refractivity contribution >= 4 is 28.3 Å². The van der Waals surface area contributed by atoms with Crippen LogP contribution in [0.15, 0.2) is 53.3 Å². The van der Waals surface area contributed by atoms with E-state index in [1.165, 1.54) is 26.1 Å². The normalized spacial score (nSPS) is 10.5. The molecule has 2 aromatic carbocycles. The summed E-state index contributed by atoms with van der Waals surface area (Å²) in [4.78, 5) is 38.6. The predicted octanol–water partition coefficient (Wildman–Crippen LogP) is 1.65. The molecule has 3 aromatic rings. The Balaban J connectivity index is 1.79. The number of nitrogens with one attached hydrogen (secondary N) is 1. The average molecular weight is 380 g/mol. The molecular formula is C20H20N4O4. The van der Waals surface area contributed by atoms with Gasteiger partial charge in [0.15, 0.2) is 5.69 Å². The average Bonchev–Trinajstić information content (AvgIpc) is 2.70. The molecule has 1 heterocycles. The van der Waals surface area contributed by atoms with Crippen LogP contribution in [0.4, 0.5) is 5.69 Å². The number of methoxy groups -OCH3 is 1. The van der Waals surface area contributed by atoms with Gasteiger partial charge in [0.1, 0.15) is 5.75 Å². The van der Waals surface area contributed by atoms with Gasteiger partial charge >= 0.3 is 0 Å². The van der Waals surface area contributed by atoms with E-state index in [9.17, 15) is 14.4 Å². The number of fused-ring (bicyclic) bond motifs is 1. The van der Waals surface area contributed by atoms with E-state index in [4.69, 9.17) is 4.74 Å². The Labute approximate surface area is 161 Å². The van der Waals surface area contributed by atoms with E-state index in [0.29, 0.717) is 22.2 Å². The van der Waals surface area contributed by atoms with Gasteiger partial charge in [-0.2, -0.15) is 5.10 Å². The number of nitrogens with zero attached hydrogens (tertiary/aromatic N) is 3. The summed E-state index contributed by atoms with van der Waals surface area (Å²) in [6, 6.07) is 13.7. The van der Waals surface area contributed by atoms with Gasteiger partial charge in [0.2, 0.25) is 5.91 Å². The smallest absolute Gasteiger partial charge is 0.275 e. The lowest BCUT2D eigenvalue weighted by molar-refractivity contribution is -0.116. The topological polar surface area (TPSA) is 93.5 Å². The second kappa shape index (κ2) is 7.91. The van der Waals surface area contributed by atoms with Crippen LogP contribution < -0.4 is 15.6 Å². The Morgan fingerprint density at radius 2 is 1.86 bits per heavy atom. The first-order valence-corrected chi connectivity index (χ1v) is 8.56. The van der Waals surface area contributed by atoms with Crippen LogP contribution >= 0.6 is 0 Å². The van der Waals surface area contributed by atoms with Crippen molar-refractivity contribution < 1.29 is 14.3 Å². The quantitative estimate of drug-likeness (QED) is 0.726. The van der Waals surface area contributed by atoms with E-state index in [-0.39, 0.29) is 23.7 Å². The lowest BCUT2D eigenvalue weighted by atomic mass is 10.1. The summed E-state index contributed by atoms with van der Waals surface area (Å²) in [6.45, 7) is -0.172. The minimum absolute atomic E-state index is 0.120. The highest BCUT2D eigenvalue weighted by Gasteiger charge is 2.21. The molecule has 0 unspecified atom stereocenters. The van der Waals surface area contributed by atoms with Crippen molar-refractivity contribution in [2.75, 3.05) is 26.0 Å². The first kappa shape index (κ1) is 19.1. The summed E-state index contributed by atoms with van der Waals surface area (Å²) in [5.74, 6) is -0.200. The van der Waals surface area contributed by atoms with Gasteiger partial charge in [-0.25, -0.2) is 4.68 Å². The lowest BCUT2D eigenvalue weighted by Gasteiger charge is -2.17. The number of aromatic nitrogens is 2. The SMILES string of the molecule is COc1cccc(NC(=O)CN(C)C(=O)c2nn(C)c(=O)c3ccccc23)c1. The van der Waals surface area contributed by atoms with Crippen LogP contribution in [0.25, 0.3) is 10.8 Å². The van der Waals surface area contributed by atoms with Crippen LogP contribution in [0.1, 0.15) is 10.5 Å². The molecule has 0 spiro atoms. The van der Waals surface area contributed by atoms with Crippen molar-refractivity contribution in [1.29, 1.82) is 0 Å². The number of anilines is 1. The third-order valence-corrected chi connectivity index (χ3v) is 4.24. The number of carbonyl (C=O) groups is 2. The second-order valence-corrected chi connectivity index (χ2v) is 6.26. The Kier molecular flexibility index (Phi) is 5.39. The molecule has 0 atom stereocenters. The zero-order chi connectivity index (χ0) is 20.3. The lowest BCUT2D eigenvalue weighted by Crippen LogP contribution is -2.36. The Morgan fingerprint density at radius 1 is 1.14 bits per heavy atom. The van der Waals surface area contributed by atoms with Crippen LogP contribution in [0, 0.1) is 0 Å². The minimum Gasteiger partial charge on any atom is -0.497 e. The van der Waals surface area contributed by atoms with Crippen molar-refractivity contribution in [3.05, 3.63) is 64.6 Å². The van der Waals surface area contributed by atoms with Crippen molar-refractivity contribution in [3.63, 3.8) is 0 Å². The molecule has 0 aliphatic rings. The summed E-state index contributed by atoms with van der Waals surface area (Å²) < 4.78 is 6.25. The van der Waals surface area contributed by atoms with Crippen molar-refractivity contribution in [2.45, 2.75) is 0 Å². The molecule has 0 bridgehead atoms. The van der Waals surface area contributed by atoms with E-state index in [1.54, 1.807) is 48.5 Å². The maximum absolute atomic E-state index is 12.9.